The normalized spacial score (nSPS) is 12.4. The van der Waals surface area contributed by atoms with Crippen LogP contribution in [0.2, 0.25) is 0 Å². The van der Waals surface area contributed by atoms with Crippen LogP contribution in [0.3, 0.4) is 0 Å². The van der Waals surface area contributed by atoms with Gasteiger partial charge in [-0.1, -0.05) is 531 Å². The molecule has 3 aliphatic carbocycles. The first-order valence-electron chi connectivity index (χ1n) is 50.4. The minimum atomic E-state index is 0.150. The molecule has 143 heavy (non-hydrogen) atoms. The lowest BCUT2D eigenvalue weighted by Gasteiger charge is -2.23. The third-order valence-corrected chi connectivity index (χ3v) is 29.2. The average molecular weight is 1840 g/mol. The zero-order valence-electron chi connectivity index (χ0n) is 84.8. The lowest BCUT2D eigenvalue weighted by atomic mass is 9.80. The van der Waals surface area contributed by atoms with Crippen LogP contribution in [0.25, 0.3) is 165 Å². The summed E-state index contributed by atoms with van der Waals surface area (Å²) >= 11 is 0. The molecule has 0 unspecified atom stereocenters. The number of hydrogen-bond donors (Lipinski definition) is 0. The summed E-state index contributed by atoms with van der Waals surface area (Å²) in [5.74, 6) is 0. The Labute approximate surface area is 847 Å². The Balaban J connectivity index is 0.000000104. The molecule has 0 aromatic heterocycles. The molecule has 0 heteroatoms. The van der Waals surface area contributed by atoms with E-state index in [1.165, 1.54) is 243 Å². The highest BCUT2D eigenvalue weighted by Gasteiger charge is 2.38. The van der Waals surface area contributed by atoms with E-state index in [2.05, 4.69) is 588 Å². The highest BCUT2D eigenvalue weighted by Crippen LogP contribution is 2.52. The van der Waals surface area contributed by atoms with E-state index in [9.17, 15) is 0 Å². The SMILES string of the molecule is Cc1cc(-c2ccc3ccccc3c2)cc(-c2ccc3ccccc3c2)c1.Cc1ccc(-c2ccccc2)c2ccccc12.Cc1ccc2c(c1)-c1ccccc1C2(C)C.Cc1ccc2c(c1)C(C)(C)c1ccccc1-2.Cc1ccc2cc(-c3ccccc3)ccc2c1.Cc1ccc2ccc(-c3ccccc3)cc2c1.Cc1cccc2c(-c3ccccc3)cccc12.Cc1cccc2c1C(C)(C)c1ccccc1-2. The third kappa shape index (κ3) is 20.7. The second kappa shape index (κ2) is 42.0. The zero-order valence-corrected chi connectivity index (χ0v) is 84.8. The Morgan fingerprint density at radius 2 is 0.427 bits per heavy atom. The number of benzene rings is 23. The molecule has 0 fully saturated rings. The smallest absolute Gasteiger partial charge is 0.0161 e. The van der Waals surface area contributed by atoms with Gasteiger partial charge in [0.15, 0.2) is 0 Å². The Kier molecular flexibility index (Phi) is 28.0. The first kappa shape index (κ1) is 95.5. The fraction of sp³-hybridized carbons (Fsp3) is 0.119. The van der Waals surface area contributed by atoms with Gasteiger partial charge in [0, 0.05) is 16.2 Å². The molecule has 0 atom stereocenters. The van der Waals surface area contributed by atoms with Crippen LogP contribution in [-0.2, 0) is 16.2 Å². The molecule has 0 bridgehead atoms. The van der Waals surface area contributed by atoms with Crippen LogP contribution in [0.4, 0.5) is 0 Å². The molecule has 23 aromatic rings. The van der Waals surface area contributed by atoms with E-state index in [4.69, 9.17) is 0 Å². The summed E-state index contributed by atoms with van der Waals surface area (Å²) in [7, 11) is 0. The molecule has 0 heterocycles. The molecule has 0 saturated carbocycles. The van der Waals surface area contributed by atoms with Gasteiger partial charge in [0.1, 0.15) is 0 Å². The third-order valence-electron chi connectivity index (χ3n) is 29.2. The van der Waals surface area contributed by atoms with Gasteiger partial charge in [-0.3, -0.25) is 0 Å². The van der Waals surface area contributed by atoms with E-state index >= 15 is 0 Å². The molecule has 26 rings (SSSR count). The standard InChI is InChI=1S/C27H20.4C17H14.3C16H16/c1-19-14-26(24-12-10-20-6-2-4-8-22(20)16-24)18-27(15-19)25-13-11-21-7-3-5-9-23(21)17-25;1-13-7-5-12-17-15(13)10-6-11-16(17)14-8-3-2-4-9-14;1-13-11-12-16(14-7-3-2-4-8-14)17-10-6-5-9-15(13)17;1-13-7-8-17-12-16(10-9-15(17)11-13)14-5-3-2-4-6-14;1-13-7-8-15-9-10-16(12-17(15)11-13)14-5-3-2-4-6-14;1-11-7-6-9-13-12-8-4-5-10-14(12)16(2,3)15(11)13;1-11-8-9-15-13(10-11)12-6-4-5-7-14(12)16(15,2)3;1-11-8-9-13-12-6-4-5-7-14(12)16(2,3)15(13)10-11/h2-18H,1H3;4*2-12H,1H3;3*4-10H,1-3H3. The number of aryl methyl sites for hydroxylation is 8. The summed E-state index contributed by atoms with van der Waals surface area (Å²) in [5.41, 5.74) is 43.7. The van der Waals surface area contributed by atoms with Crippen LogP contribution < -0.4 is 0 Å². The van der Waals surface area contributed by atoms with Crippen LogP contribution in [0, 0.1) is 55.4 Å². The quantitative estimate of drug-likeness (QED) is 0.156. The molecule has 0 N–H and O–H groups in total. The molecule has 3 aliphatic rings. The molecule has 0 spiro atoms. The van der Waals surface area contributed by atoms with Gasteiger partial charge in [-0.15, -0.1) is 0 Å². The summed E-state index contributed by atoms with van der Waals surface area (Å²) in [4.78, 5) is 0. The second-order valence-electron chi connectivity index (χ2n) is 40.4. The first-order chi connectivity index (χ1) is 69.5. The van der Waals surface area contributed by atoms with Crippen LogP contribution in [0.5, 0.6) is 0 Å². The van der Waals surface area contributed by atoms with E-state index in [0.29, 0.717) is 0 Å². The summed E-state index contributed by atoms with van der Waals surface area (Å²) in [6.45, 7) is 31.2. The van der Waals surface area contributed by atoms with Crippen LogP contribution in [0.1, 0.15) is 119 Å². The molecule has 0 nitrogen and oxygen atoms in total. The van der Waals surface area contributed by atoms with Crippen molar-refractivity contribution in [3.05, 3.63) is 575 Å². The van der Waals surface area contributed by atoms with Crippen molar-refractivity contribution in [2.45, 2.75) is 113 Å². The molecule has 23 aromatic carbocycles. The number of fused-ring (bicyclic) bond motifs is 15. The van der Waals surface area contributed by atoms with Crippen LogP contribution in [-0.4, -0.2) is 0 Å². The summed E-state index contributed by atoms with van der Waals surface area (Å²) in [5, 5.41) is 15.7. The van der Waals surface area contributed by atoms with Gasteiger partial charge in [0.05, 0.1) is 0 Å². The van der Waals surface area contributed by atoms with E-state index in [-0.39, 0.29) is 16.2 Å². The molecular weight excluding hydrogens is 1720 g/mol. The average Bonchev–Trinajstić information content (AvgIpc) is 1.58. The molecular formula is C143H124. The lowest BCUT2D eigenvalue weighted by molar-refractivity contribution is 0.655. The summed E-state index contributed by atoms with van der Waals surface area (Å²) in [6.07, 6.45) is 0. The van der Waals surface area contributed by atoms with Crippen molar-refractivity contribution < 1.29 is 0 Å². The minimum absolute atomic E-state index is 0.150. The Morgan fingerprint density at radius 1 is 0.126 bits per heavy atom. The van der Waals surface area contributed by atoms with Gasteiger partial charge >= 0.3 is 0 Å². The molecule has 0 amide bonds. The fourth-order valence-electron chi connectivity index (χ4n) is 21.6. The Morgan fingerprint density at radius 3 is 0.979 bits per heavy atom. The van der Waals surface area contributed by atoms with Gasteiger partial charge in [-0.25, -0.2) is 0 Å². The largest absolute Gasteiger partial charge is 0.0622 e. The molecule has 696 valence electrons. The highest BCUT2D eigenvalue weighted by molar-refractivity contribution is 6.01. The minimum Gasteiger partial charge on any atom is -0.0622 e. The maximum Gasteiger partial charge on any atom is 0.0161 e. The van der Waals surface area contributed by atoms with Crippen LogP contribution in [0.15, 0.2) is 497 Å². The Bertz CT molecular complexity index is 8360. The fourth-order valence-corrected chi connectivity index (χ4v) is 21.6. The Hall–Kier alpha value is -16.4. The van der Waals surface area contributed by atoms with Crippen molar-refractivity contribution in [2.24, 2.45) is 0 Å². The van der Waals surface area contributed by atoms with E-state index in [0.717, 1.165) is 0 Å². The lowest BCUT2D eigenvalue weighted by Crippen LogP contribution is -2.16. The van der Waals surface area contributed by atoms with Crippen molar-refractivity contribution >= 4 is 64.6 Å². The maximum atomic E-state index is 2.33. The predicted octanol–water partition coefficient (Wildman–Crippen LogP) is 39.8. The van der Waals surface area contributed by atoms with E-state index in [1.54, 1.807) is 0 Å². The number of rotatable bonds is 6. The van der Waals surface area contributed by atoms with Gasteiger partial charge in [-0.2, -0.15) is 0 Å². The molecule has 0 radical (unpaired) electrons. The van der Waals surface area contributed by atoms with Gasteiger partial charge in [0.25, 0.3) is 0 Å². The predicted molar refractivity (Wildman–Crippen MR) is 620 cm³/mol. The van der Waals surface area contributed by atoms with E-state index in [1.807, 2.05) is 6.07 Å². The second-order valence-corrected chi connectivity index (χ2v) is 40.4. The summed E-state index contributed by atoms with van der Waals surface area (Å²) < 4.78 is 0. The zero-order chi connectivity index (χ0) is 98.9. The highest BCUT2D eigenvalue weighted by atomic mass is 14.4. The monoisotopic (exact) mass is 1840 g/mol. The van der Waals surface area contributed by atoms with Crippen molar-refractivity contribution in [1.82, 2.24) is 0 Å². The molecule has 0 saturated heterocycles. The molecule has 0 aliphatic heterocycles. The maximum absolute atomic E-state index is 2.33. The van der Waals surface area contributed by atoms with Crippen molar-refractivity contribution in [3.63, 3.8) is 0 Å². The van der Waals surface area contributed by atoms with Crippen molar-refractivity contribution in [1.29, 1.82) is 0 Å². The number of hydrogen-bond acceptors (Lipinski definition) is 0. The van der Waals surface area contributed by atoms with E-state index < -0.39 is 0 Å². The van der Waals surface area contributed by atoms with Gasteiger partial charge in [0.2, 0.25) is 0 Å². The van der Waals surface area contributed by atoms with Crippen molar-refractivity contribution in [2.75, 3.05) is 0 Å². The van der Waals surface area contributed by atoms with Crippen molar-refractivity contribution in [3.8, 4) is 100 Å². The van der Waals surface area contributed by atoms with Gasteiger partial charge in [-0.05, 0) is 306 Å². The summed E-state index contributed by atoms with van der Waals surface area (Å²) in [6, 6.07) is 178. The first-order valence-corrected chi connectivity index (χ1v) is 50.4. The van der Waals surface area contributed by atoms with Gasteiger partial charge < -0.3 is 0 Å². The van der Waals surface area contributed by atoms with Crippen LogP contribution >= 0.6 is 0 Å². The topological polar surface area (TPSA) is 0 Å².